The highest BCUT2D eigenvalue weighted by Crippen LogP contribution is 2.28. The zero-order chi connectivity index (χ0) is 21.7. The molecule has 0 unspecified atom stereocenters. The number of benzene rings is 2. The van der Waals surface area contributed by atoms with Crippen molar-refractivity contribution >= 4 is 15.7 Å². The summed E-state index contributed by atoms with van der Waals surface area (Å²) in [5.41, 5.74) is 0.717. The van der Waals surface area contributed by atoms with Crippen molar-refractivity contribution in [2.45, 2.75) is 11.3 Å². The molecule has 158 valence electrons. The predicted molar refractivity (Wildman–Crippen MR) is 107 cm³/mol. The maximum atomic E-state index is 12.5. The van der Waals surface area contributed by atoms with Crippen LogP contribution >= 0.6 is 0 Å². The molecule has 0 aliphatic rings. The predicted octanol–water partition coefficient (Wildman–Crippen LogP) is 2.79. The minimum Gasteiger partial charge on any atom is -0.497 e. The molecule has 10 nitrogen and oxygen atoms in total. The van der Waals surface area contributed by atoms with Crippen LogP contribution in [0.3, 0.4) is 0 Å². The van der Waals surface area contributed by atoms with Crippen LogP contribution in [0.25, 0.3) is 11.5 Å². The lowest BCUT2D eigenvalue weighted by molar-refractivity contribution is -0.387. The number of rotatable bonds is 9. The van der Waals surface area contributed by atoms with Crippen LogP contribution in [0.1, 0.15) is 5.69 Å². The molecular weight excluding hydrogens is 414 g/mol. The lowest BCUT2D eigenvalue weighted by atomic mass is 10.2. The van der Waals surface area contributed by atoms with Crippen LogP contribution in [-0.4, -0.2) is 39.1 Å². The SMILES string of the molecule is COc1ccc(-c2nc(CCNS(=O)(=O)c3ccc(OC)cc3[N+](=O)[O-])co2)cc1. The Morgan fingerprint density at radius 2 is 1.77 bits per heavy atom. The molecule has 1 N–H and O–H groups in total. The average Bonchev–Trinajstić information content (AvgIpc) is 3.22. The number of methoxy groups -OCH3 is 2. The van der Waals surface area contributed by atoms with Crippen LogP contribution in [-0.2, 0) is 16.4 Å². The number of nitrogens with one attached hydrogen (secondary N) is 1. The molecule has 2 aromatic carbocycles. The number of nitro benzene ring substituents is 1. The molecule has 3 rings (SSSR count). The number of nitrogens with zero attached hydrogens (tertiary/aromatic N) is 2. The van der Waals surface area contributed by atoms with Crippen molar-refractivity contribution in [3.8, 4) is 23.0 Å². The van der Waals surface area contributed by atoms with Gasteiger partial charge in [0.15, 0.2) is 4.90 Å². The fourth-order valence-electron chi connectivity index (χ4n) is 2.67. The fourth-order valence-corrected chi connectivity index (χ4v) is 3.86. The van der Waals surface area contributed by atoms with Crippen molar-refractivity contribution in [3.63, 3.8) is 0 Å². The van der Waals surface area contributed by atoms with Crippen LogP contribution in [0.4, 0.5) is 5.69 Å². The van der Waals surface area contributed by atoms with Crippen molar-refractivity contribution in [1.82, 2.24) is 9.71 Å². The number of ether oxygens (including phenoxy) is 2. The third-order valence-electron chi connectivity index (χ3n) is 4.21. The normalized spacial score (nSPS) is 11.3. The van der Waals surface area contributed by atoms with E-state index in [-0.39, 0.29) is 18.7 Å². The van der Waals surface area contributed by atoms with Gasteiger partial charge in [-0.2, -0.15) is 0 Å². The monoisotopic (exact) mass is 433 g/mol. The van der Waals surface area contributed by atoms with E-state index in [0.29, 0.717) is 17.3 Å². The highest BCUT2D eigenvalue weighted by molar-refractivity contribution is 7.89. The van der Waals surface area contributed by atoms with Gasteiger partial charge >= 0.3 is 0 Å². The highest BCUT2D eigenvalue weighted by Gasteiger charge is 2.26. The largest absolute Gasteiger partial charge is 0.497 e. The van der Waals surface area contributed by atoms with Gasteiger partial charge in [-0.3, -0.25) is 10.1 Å². The molecule has 11 heteroatoms. The van der Waals surface area contributed by atoms with E-state index in [1.807, 2.05) is 0 Å². The van der Waals surface area contributed by atoms with E-state index in [9.17, 15) is 18.5 Å². The van der Waals surface area contributed by atoms with Crippen LogP contribution in [0, 0.1) is 10.1 Å². The molecule has 0 aliphatic heterocycles. The standard InChI is InChI=1S/C19H19N3O7S/c1-27-15-5-3-13(4-6-15)19-21-14(12-29-19)9-10-20-30(25,26)18-8-7-16(28-2)11-17(18)22(23)24/h3-8,11-12,20H,9-10H2,1-2H3. The van der Waals surface area contributed by atoms with Crippen molar-refractivity contribution in [2.75, 3.05) is 20.8 Å². The molecular formula is C19H19N3O7S. The molecule has 0 atom stereocenters. The molecule has 1 heterocycles. The zero-order valence-electron chi connectivity index (χ0n) is 16.2. The molecule has 0 fully saturated rings. The Morgan fingerprint density at radius 3 is 2.40 bits per heavy atom. The van der Waals surface area contributed by atoms with Gasteiger partial charge in [-0.05, 0) is 36.4 Å². The quantitative estimate of drug-likeness (QED) is 0.402. The Morgan fingerprint density at radius 1 is 1.10 bits per heavy atom. The highest BCUT2D eigenvalue weighted by atomic mass is 32.2. The summed E-state index contributed by atoms with van der Waals surface area (Å²) in [4.78, 5) is 14.4. The molecule has 0 spiro atoms. The van der Waals surface area contributed by atoms with Crippen molar-refractivity contribution in [3.05, 3.63) is 64.5 Å². The van der Waals surface area contributed by atoms with Crippen LogP contribution in [0.5, 0.6) is 11.5 Å². The smallest absolute Gasteiger partial charge is 0.293 e. The van der Waals surface area contributed by atoms with Crippen LogP contribution < -0.4 is 14.2 Å². The third kappa shape index (κ3) is 4.75. The number of sulfonamides is 1. The summed E-state index contributed by atoms with van der Waals surface area (Å²) >= 11 is 0. The van der Waals surface area contributed by atoms with Crippen molar-refractivity contribution in [1.29, 1.82) is 0 Å². The van der Waals surface area contributed by atoms with Crippen LogP contribution in [0.2, 0.25) is 0 Å². The van der Waals surface area contributed by atoms with Gasteiger partial charge in [0.25, 0.3) is 5.69 Å². The minimum atomic E-state index is -4.10. The molecule has 0 bridgehead atoms. The number of oxazole rings is 1. The van der Waals surface area contributed by atoms with E-state index < -0.39 is 25.5 Å². The molecule has 1 aromatic heterocycles. The second kappa shape index (κ2) is 8.93. The van der Waals surface area contributed by atoms with Gasteiger partial charge in [0, 0.05) is 18.5 Å². The van der Waals surface area contributed by atoms with Gasteiger partial charge in [-0.15, -0.1) is 0 Å². The van der Waals surface area contributed by atoms with Crippen LogP contribution in [0.15, 0.2) is 58.0 Å². The summed E-state index contributed by atoms with van der Waals surface area (Å²) in [7, 11) is -1.20. The Kier molecular flexibility index (Phi) is 6.33. The maximum Gasteiger partial charge on any atom is 0.293 e. The van der Waals surface area contributed by atoms with Crippen molar-refractivity contribution in [2.24, 2.45) is 0 Å². The molecule has 0 amide bonds. The fraction of sp³-hybridized carbons (Fsp3) is 0.211. The number of aromatic nitrogens is 1. The Hall–Kier alpha value is -3.44. The lowest BCUT2D eigenvalue weighted by Gasteiger charge is -2.08. The summed E-state index contributed by atoms with van der Waals surface area (Å²) in [5.74, 6) is 1.28. The molecule has 0 aliphatic carbocycles. The van der Waals surface area contributed by atoms with Gasteiger partial charge < -0.3 is 13.9 Å². The summed E-state index contributed by atoms with van der Waals surface area (Å²) < 4.78 is 42.8. The molecule has 0 saturated carbocycles. The number of hydrogen-bond donors (Lipinski definition) is 1. The van der Waals surface area contributed by atoms with E-state index in [0.717, 1.165) is 17.7 Å². The first-order chi connectivity index (χ1) is 14.3. The van der Waals surface area contributed by atoms with Gasteiger partial charge in [-0.1, -0.05) is 0 Å². The number of hydrogen-bond acceptors (Lipinski definition) is 8. The third-order valence-corrected chi connectivity index (χ3v) is 5.72. The first-order valence-electron chi connectivity index (χ1n) is 8.75. The first kappa shape index (κ1) is 21.3. The summed E-state index contributed by atoms with van der Waals surface area (Å²) in [6.45, 7) is -0.0138. The van der Waals surface area contributed by atoms with Gasteiger partial charge in [0.1, 0.15) is 17.8 Å². The van der Waals surface area contributed by atoms with E-state index in [1.54, 1.807) is 31.4 Å². The summed E-state index contributed by atoms with van der Waals surface area (Å²) in [6, 6.07) is 10.7. The average molecular weight is 433 g/mol. The van der Waals surface area contributed by atoms with E-state index >= 15 is 0 Å². The molecule has 0 saturated heterocycles. The molecule has 0 radical (unpaired) electrons. The number of nitro groups is 1. The zero-order valence-corrected chi connectivity index (χ0v) is 17.0. The van der Waals surface area contributed by atoms with E-state index in [4.69, 9.17) is 13.9 Å². The van der Waals surface area contributed by atoms with Gasteiger partial charge in [0.05, 0.1) is 30.9 Å². The second-order valence-electron chi connectivity index (χ2n) is 6.11. The van der Waals surface area contributed by atoms with Crippen molar-refractivity contribution < 1.29 is 27.2 Å². The maximum absolute atomic E-state index is 12.5. The topological polar surface area (TPSA) is 134 Å². The first-order valence-corrected chi connectivity index (χ1v) is 10.2. The Balaban J connectivity index is 1.68. The molecule has 3 aromatic rings. The summed E-state index contributed by atoms with van der Waals surface area (Å²) in [6.07, 6.45) is 1.67. The van der Waals surface area contributed by atoms with E-state index in [1.165, 1.54) is 19.4 Å². The van der Waals surface area contributed by atoms with Gasteiger partial charge in [0.2, 0.25) is 15.9 Å². The minimum absolute atomic E-state index is 0.0138. The lowest BCUT2D eigenvalue weighted by Crippen LogP contribution is -2.26. The Labute approximate surface area is 172 Å². The Bertz CT molecular complexity index is 1140. The van der Waals surface area contributed by atoms with E-state index in [2.05, 4.69) is 9.71 Å². The van der Waals surface area contributed by atoms with Gasteiger partial charge in [-0.25, -0.2) is 18.1 Å². The summed E-state index contributed by atoms with van der Waals surface area (Å²) in [5, 5.41) is 11.2. The second-order valence-corrected chi connectivity index (χ2v) is 7.85. The molecule has 30 heavy (non-hydrogen) atoms.